The number of allylic oxidation sites excluding steroid dienone is 2. The van der Waals surface area contributed by atoms with Gasteiger partial charge in [-0.25, -0.2) is 0 Å². The Balaban J connectivity index is 1.72. The van der Waals surface area contributed by atoms with Gasteiger partial charge in [-0.2, -0.15) is 0 Å². The van der Waals surface area contributed by atoms with Gasteiger partial charge in [-0.15, -0.1) is 0 Å². The summed E-state index contributed by atoms with van der Waals surface area (Å²) in [6.07, 6.45) is 15.8. The molecule has 3 fully saturated rings. The van der Waals surface area contributed by atoms with E-state index in [2.05, 4.69) is 35.9 Å². The first-order chi connectivity index (χ1) is 9.55. The SMILES string of the molecule is C[C@@]12CCC[C@H]1[C@@H]1C[C@H](Br)C3=CCCC[C@]3(C)[C@H]1CC2. The summed E-state index contributed by atoms with van der Waals surface area (Å²) in [5, 5.41) is 0. The fourth-order valence-corrected chi connectivity index (χ4v) is 7.90. The van der Waals surface area contributed by atoms with Crippen LogP contribution in [-0.4, -0.2) is 4.83 Å². The fraction of sp³-hybridized carbons (Fsp3) is 0.895. The van der Waals surface area contributed by atoms with Crippen molar-refractivity contribution in [3.05, 3.63) is 11.6 Å². The van der Waals surface area contributed by atoms with Crippen molar-refractivity contribution < 1.29 is 0 Å². The third-order valence-electron chi connectivity index (χ3n) is 7.78. The Morgan fingerprint density at radius 2 is 1.90 bits per heavy atom. The predicted molar refractivity (Wildman–Crippen MR) is 89.0 cm³/mol. The lowest BCUT2D eigenvalue weighted by Gasteiger charge is -2.58. The van der Waals surface area contributed by atoms with Crippen LogP contribution in [-0.2, 0) is 0 Å². The smallest absolute Gasteiger partial charge is 0.0362 e. The molecule has 0 nitrogen and oxygen atoms in total. The first-order valence-electron chi connectivity index (χ1n) is 8.89. The molecule has 6 atom stereocenters. The summed E-state index contributed by atoms with van der Waals surface area (Å²) in [7, 11) is 0. The molecule has 0 saturated heterocycles. The molecule has 4 rings (SSSR count). The number of hydrogen-bond donors (Lipinski definition) is 0. The van der Waals surface area contributed by atoms with Crippen molar-refractivity contribution >= 4 is 15.9 Å². The number of rotatable bonds is 0. The Kier molecular flexibility index (Phi) is 3.19. The maximum absolute atomic E-state index is 4.07. The molecular formula is C19H29Br. The lowest BCUT2D eigenvalue weighted by Crippen LogP contribution is -2.51. The van der Waals surface area contributed by atoms with E-state index in [-0.39, 0.29) is 0 Å². The van der Waals surface area contributed by atoms with Crippen LogP contribution >= 0.6 is 15.9 Å². The third-order valence-corrected chi connectivity index (χ3v) is 8.64. The van der Waals surface area contributed by atoms with E-state index in [1.165, 1.54) is 57.8 Å². The Labute approximate surface area is 132 Å². The van der Waals surface area contributed by atoms with E-state index in [0.717, 1.165) is 17.8 Å². The van der Waals surface area contributed by atoms with Crippen LogP contribution in [0.3, 0.4) is 0 Å². The van der Waals surface area contributed by atoms with Gasteiger partial charge < -0.3 is 0 Å². The Bertz CT molecular complexity index is 439. The first kappa shape index (κ1) is 13.9. The van der Waals surface area contributed by atoms with E-state index >= 15 is 0 Å². The van der Waals surface area contributed by atoms with Crippen molar-refractivity contribution in [2.45, 2.75) is 76.5 Å². The molecule has 4 aliphatic rings. The van der Waals surface area contributed by atoms with Gasteiger partial charge in [-0.3, -0.25) is 0 Å². The second-order valence-electron chi connectivity index (χ2n) is 8.63. The van der Waals surface area contributed by atoms with Crippen LogP contribution in [0.5, 0.6) is 0 Å². The number of hydrogen-bond acceptors (Lipinski definition) is 0. The standard InChI is InChI=1S/C19H29Br/c1-18-9-5-7-14(18)13-12-17(20)16-6-3-4-10-19(16,2)15(13)8-11-18/h6,13-15,17H,3-5,7-12H2,1-2H3/t13-,14-,15-,17-,18-,19+/m0/s1. The molecule has 0 amide bonds. The summed E-state index contributed by atoms with van der Waals surface area (Å²) in [5.74, 6) is 3.02. The van der Waals surface area contributed by atoms with E-state index < -0.39 is 0 Å². The van der Waals surface area contributed by atoms with Crippen LogP contribution in [0.15, 0.2) is 11.6 Å². The molecule has 0 radical (unpaired) electrons. The van der Waals surface area contributed by atoms with Gasteiger partial charge in [-0.1, -0.05) is 47.8 Å². The summed E-state index contributed by atoms with van der Waals surface area (Å²) in [4.78, 5) is 0.678. The van der Waals surface area contributed by atoms with Gasteiger partial charge in [0.05, 0.1) is 0 Å². The van der Waals surface area contributed by atoms with Crippen molar-refractivity contribution in [2.75, 3.05) is 0 Å². The molecule has 0 aromatic heterocycles. The van der Waals surface area contributed by atoms with Crippen molar-refractivity contribution in [1.82, 2.24) is 0 Å². The molecule has 0 aromatic rings. The van der Waals surface area contributed by atoms with Crippen molar-refractivity contribution in [1.29, 1.82) is 0 Å². The second-order valence-corrected chi connectivity index (χ2v) is 9.74. The van der Waals surface area contributed by atoms with Crippen LogP contribution in [0, 0.1) is 28.6 Å². The normalized spacial score (nSPS) is 54.6. The summed E-state index contributed by atoms with van der Waals surface area (Å²) in [6.45, 7) is 5.22. The van der Waals surface area contributed by atoms with E-state index in [4.69, 9.17) is 0 Å². The van der Waals surface area contributed by atoms with Gasteiger partial charge >= 0.3 is 0 Å². The lowest BCUT2D eigenvalue weighted by atomic mass is 9.47. The Hall–Kier alpha value is 0.220. The Morgan fingerprint density at radius 3 is 2.75 bits per heavy atom. The van der Waals surface area contributed by atoms with Crippen LogP contribution in [0.4, 0.5) is 0 Å². The molecule has 0 spiro atoms. The molecular weight excluding hydrogens is 308 g/mol. The van der Waals surface area contributed by atoms with Crippen LogP contribution < -0.4 is 0 Å². The van der Waals surface area contributed by atoms with Crippen molar-refractivity contribution in [3.63, 3.8) is 0 Å². The molecule has 0 aliphatic heterocycles. The van der Waals surface area contributed by atoms with Crippen LogP contribution in [0.1, 0.15) is 71.6 Å². The van der Waals surface area contributed by atoms with E-state index in [1.54, 1.807) is 5.57 Å². The van der Waals surface area contributed by atoms with E-state index in [9.17, 15) is 0 Å². The number of alkyl halides is 1. The molecule has 20 heavy (non-hydrogen) atoms. The fourth-order valence-electron chi connectivity index (χ4n) is 6.76. The summed E-state index contributed by atoms with van der Waals surface area (Å²) in [5.41, 5.74) is 3.01. The summed E-state index contributed by atoms with van der Waals surface area (Å²) >= 11 is 4.07. The van der Waals surface area contributed by atoms with E-state index in [1.807, 2.05) is 0 Å². The highest BCUT2D eigenvalue weighted by Gasteiger charge is 2.57. The minimum atomic E-state index is 0.527. The van der Waals surface area contributed by atoms with Gasteiger partial charge in [0, 0.05) is 4.83 Å². The molecule has 0 N–H and O–H groups in total. The second kappa shape index (κ2) is 4.61. The monoisotopic (exact) mass is 336 g/mol. The molecule has 1 heteroatoms. The molecule has 0 aromatic carbocycles. The zero-order chi connectivity index (χ0) is 14.0. The maximum atomic E-state index is 4.07. The van der Waals surface area contributed by atoms with Gasteiger partial charge in [0.2, 0.25) is 0 Å². The van der Waals surface area contributed by atoms with E-state index in [0.29, 0.717) is 15.7 Å². The highest BCUT2D eigenvalue weighted by atomic mass is 79.9. The van der Waals surface area contributed by atoms with Gasteiger partial charge in [0.1, 0.15) is 0 Å². The topological polar surface area (TPSA) is 0 Å². The molecule has 3 saturated carbocycles. The molecule has 0 unspecified atom stereocenters. The molecule has 0 bridgehead atoms. The molecule has 4 aliphatic carbocycles. The quantitative estimate of drug-likeness (QED) is 0.370. The third kappa shape index (κ3) is 1.77. The number of halogens is 1. The van der Waals surface area contributed by atoms with Crippen molar-refractivity contribution in [2.24, 2.45) is 28.6 Å². The largest absolute Gasteiger partial charge is 0.0842 e. The van der Waals surface area contributed by atoms with Gasteiger partial charge in [0.15, 0.2) is 0 Å². The van der Waals surface area contributed by atoms with Crippen molar-refractivity contribution in [3.8, 4) is 0 Å². The van der Waals surface area contributed by atoms with Crippen LogP contribution in [0.25, 0.3) is 0 Å². The minimum absolute atomic E-state index is 0.527. The minimum Gasteiger partial charge on any atom is -0.0842 e. The predicted octanol–water partition coefficient (Wildman–Crippen LogP) is 6.10. The highest BCUT2D eigenvalue weighted by Crippen LogP contribution is 2.66. The maximum Gasteiger partial charge on any atom is 0.0362 e. The lowest BCUT2D eigenvalue weighted by molar-refractivity contribution is -0.0339. The Morgan fingerprint density at radius 1 is 1.05 bits per heavy atom. The number of fused-ring (bicyclic) bond motifs is 5. The van der Waals surface area contributed by atoms with Crippen LogP contribution in [0.2, 0.25) is 0 Å². The zero-order valence-corrected chi connectivity index (χ0v) is 14.7. The summed E-state index contributed by atoms with van der Waals surface area (Å²) < 4.78 is 0. The highest BCUT2D eigenvalue weighted by molar-refractivity contribution is 9.09. The summed E-state index contributed by atoms with van der Waals surface area (Å²) in [6, 6.07) is 0. The molecule has 112 valence electrons. The zero-order valence-electron chi connectivity index (χ0n) is 13.1. The first-order valence-corrected chi connectivity index (χ1v) is 9.81. The van der Waals surface area contributed by atoms with Gasteiger partial charge in [-0.05, 0) is 80.0 Å². The molecule has 0 heterocycles. The van der Waals surface area contributed by atoms with Gasteiger partial charge in [0.25, 0.3) is 0 Å². The average molecular weight is 337 g/mol. The average Bonchev–Trinajstić information content (AvgIpc) is 2.81.